The third kappa shape index (κ3) is 5.40. The van der Waals surface area contributed by atoms with Gasteiger partial charge in [0.1, 0.15) is 23.9 Å². The first-order chi connectivity index (χ1) is 23.7. The predicted octanol–water partition coefficient (Wildman–Crippen LogP) is 1.90. The second kappa shape index (κ2) is 12.4. The molecule has 1 spiro atoms. The third-order valence-electron chi connectivity index (χ3n) is 11.8. The Kier molecular flexibility index (Phi) is 8.99. The molecule has 2 N–H and O–H groups in total. The van der Waals surface area contributed by atoms with Crippen LogP contribution in [-0.2, 0) is 52.4 Å². The van der Waals surface area contributed by atoms with Gasteiger partial charge in [0.15, 0.2) is 11.5 Å². The summed E-state index contributed by atoms with van der Waals surface area (Å²) in [7, 11) is 1.08. The van der Waals surface area contributed by atoms with E-state index in [1.807, 2.05) is 0 Å². The number of ketones is 1. The minimum atomic E-state index is -2.30. The topological polar surface area (TPSA) is 201 Å². The van der Waals surface area contributed by atoms with Gasteiger partial charge in [0.05, 0.1) is 25.7 Å². The zero-order valence-electron chi connectivity index (χ0n) is 30.2. The summed E-state index contributed by atoms with van der Waals surface area (Å²) in [5.41, 5.74) is -4.70. The SMILES string of the molecule is COC(=O)[C@@]12OC[C@]34[C@H]([C@@H](O)[C@@H]1O)[C@@]1(C)CC(=O)C(OC(=O)[C@@H]5CCCN5C(=O)OC(C)(C)C)=C(C)[C@@H]1C[C@H]3OC(=O)[C@H](OC(=O)C=C(C)C)[C@@H]24. The summed E-state index contributed by atoms with van der Waals surface area (Å²) >= 11 is 0. The number of carbonyl (C=O) groups is 6. The lowest BCUT2D eigenvalue weighted by atomic mass is 9.38. The Morgan fingerprint density at radius 3 is 2.39 bits per heavy atom. The van der Waals surface area contributed by atoms with Crippen molar-refractivity contribution in [1.29, 1.82) is 0 Å². The molecule has 280 valence electrons. The van der Waals surface area contributed by atoms with E-state index in [0.29, 0.717) is 24.0 Å². The molecule has 3 aliphatic carbocycles. The van der Waals surface area contributed by atoms with Crippen LogP contribution in [0.4, 0.5) is 4.79 Å². The molecule has 6 rings (SSSR count). The standard InChI is InChI=1S/C36H47NO14/c1-16(2)12-22(39)49-25-27-35-15-47-36(27,31(44)46-8)28(41)23(40)26(35)34(7)14-20(38)24(17(3)18(34)13-21(35)48-30(25)43)50-29(42)19-10-9-11-37(19)32(45)51-33(4,5)6/h12,18-19,21,23,25-28,40-41H,9-11,13-15H2,1-8H3/t18-,19-,21+,23+,25+,26+,27+,28-,34-,35+,36-/m0/s1. The monoisotopic (exact) mass is 717 g/mol. The van der Waals surface area contributed by atoms with Crippen LogP contribution in [-0.4, -0.2) is 113 Å². The number of Topliss-reactive ketones (excluding diaryl/α,β-unsaturated/α-hetero) is 1. The van der Waals surface area contributed by atoms with Crippen LogP contribution in [0.1, 0.15) is 74.1 Å². The first kappa shape index (κ1) is 37.0. The normalized spacial score (nSPS) is 39.7. The van der Waals surface area contributed by atoms with Gasteiger partial charge in [0, 0.05) is 30.4 Å². The fourth-order valence-corrected chi connectivity index (χ4v) is 10.1. The summed E-state index contributed by atoms with van der Waals surface area (Å²) in [6.45, 7) is 11.8. The smallest absolute Gasteiger partial charge is 0.411 e. The fraction of sp³-hybridized carbons (Fsp3) is 0.722. The molecule has 0 aromatic heterocycles. The number of aliphatic hydroxyl groups is 2. The van der Waals surface area contributed by atoms with Gasteiger partial charge in [-0.3, -0.25) is 9.69 Å². The maximum atomic E-state index is 14.1. The van der Waals surface area contributed by atoms with Gasteiger partial charge in [-0.2, -0.15) is 0 Å². The van der Waals surface area contributed by atoms with E-state index in [1.54, 1.807) is 48.5 Å². The zero-order valence-corrected chi connectivity index (χ0v) is 30.2. The summed E-state index contributed by atoms with van der Waals surface area (Å²) in [5.74, 6) is -7.46. The number of hydrogen-bond acceptors (Lipinski definition) is 14. The number of allylic oxidation sites excluding steroid dienone is 3. The Bertz CT molecular complexity index is 1620. The van der Waals surface area contributed by atoms with Crippen LogP contribution in [0.25, 0.3) is 0 Å². The van der Waals surface area contributed by atoms with Gasteiger partial charge in [0.25, 0.3) is 0 Å². The fourth-order valence-electron chi connectivity index (χ4n) is 10.1. The largest absolute Gasteiger partial charge is 0.467 e. The van der Waals surface area contributed by atoms with E-state index in [2.05, 4.69) is 0 Å². The summed E-state index contributed by atoms with van der Waals surface area (Å²) in [5, 5.41) is 23.8. The van der Waals surface area contributed by atoms with Crippen molar-refractivity contribution in [3.05, 3.63) is 23.0 Å². The van der Waals surface area contributed by atoms with Gasteiger partial charge in [0.2, 0.25) is 11.7 Å². The van der Waals surface area contributed by atoms with Gasteiger partial charge >= 0.3 is 30.0 Å². The number of aliphatic hydroxyl groups excluding tert-OH is 2. The molecule has 0 aromatic carbocycles. The zero-order chi connectivity index (χ0) is 37.6. The van der Waals surface area contributed by atoms with E-state index in [9.17, 15) is 39.0 Å². The number of ether oxygens (including phenoxy) is 6. The molecular weight excluding hydrogens is 670 g/mol. The second-order valence-corrected chi connectivity index (χ2v) is 16.2. The number of carbonyl (C=O) groups excluding carboxylic acids is 6. The summed E-state index contributed by atoms with van der Waals surface area (Å²) in [6.07, 6.45) is -5.24. The average Bonchev–Trinajstić information content (AvgIpc) is 3.63. The van der Waals surface area contributed by atoms with Crippen LogP contribution in [0.2, 0.25) is 0 Å². The third-order valence-corrected chi connectivity index (χ3v) is 11.8. The molecule has 3 heterocycles. The highest BCUT2D eigenvalue weighted by atomic mass is 16.6. The van der Waals surface area contributed by atoms with Crippen molar-refractivity contribution in [2.24, 2.45) is 28.6 Å². The molecule has 15 nitrogen and oxygen atoms in total. The highest BCUT2D eigenvalue weighted by molar-refractivity contribution is 5.99. The molecule has 2 saturated carbocycles. The number of methoxy groups -OCH3 is 1. The number of rotatable bonds is 5. The van der Waals surface area contributed by atoms with E-state index in [-0.39, 0.29) is 31.8 Å². The van der Waals surface area contributed by atoms with Crippen LogP contribution in [0.5, 0.6) is 0 Å². The second-order valence-electron chi connectivity index (χ2n) is 16.2. The van der Waals surface area contributed by atoms with Gasteiger partial charge in [-0.05, 0) is 77.7 Å². The molecule has 2 bridgehead atoms. The summed E-state index contributed by atoms with van der Waals surface area (Å²) in [4.78, 5) is 82.1. The number of esters is 4. The maximum Gasteiger partial charge on any atom is 0.411 e. The molecule has 15 heteroatoms. The Hall–Kier alpha value is -3.82. The first-order valence-electron chi connectivity index (χ1n) is 17.3. The number of nitrogens with zero attached hydrogens (tertiary/aromatic N) is 1. The van der Waals surface area contributed by atoms with E-state index in [4.69, 9.17) is 28.4 Å². The minimum absolute atomic E-state index is 0.0704. The molecule has 3 saturated heterocycles. The van der Waals surface area contributed by atoms with Gasteiger partial charge in [-0.15, -0.1) is 0 Å². The number of fused-ring (bicyclic) bond motifs is 2. The lowest BCUT2D eigenvalue weighted by Gasteiger charge is -2.67. The number of likely N-dealkylation sites (tertiary alicyclic amines) is 1. The van der Waals surface area contributed by atoms with Crippen molar-refractivity contribution in [3.63, 3.8) is 0 Å². The van der Waals surface area contributed by atoms with Crippen molar-refractivity contribution in [2.45, 2.75) is 116 Å². The molecule has 1 amide bonds. The van der Waals surface area contributed by atoms with Crippen molar-refractivity contribution in [2.75, 3.05) is 20.3 Å². The van der Waals surface area contributed by atoms with E-state index in [1.165, 1.54) is 11.0 Å². The van der Waals surface area contributed by atoms with Crippen LogP contribution < -0.4 is 0 Å². The summed E-state index contributed by atoms with van der Waals surface area (Å²) in [6, 6.07) is -0.973. The molecule has 51 heavy (non-hydrogen) atoms. The van der Waals surface area contributed by atoms with Crippen LogP contribution >= 0.6 is 0 Å². The van der Waals surface area contributed by atoms with Crippen LogP contribution in [0.3, 0.4) is 0 Å². The Labute approximate surface area is 295 Å². The quantitative estimate of drug-likeness (QED) is 0.237. The maximum absolute atomic E-state index is 14.1. The van der Waals surface area contributed by atoms with Crippen molar-refractivity contribution < 1.29 is 67.4 Å². The molecule has 0 unspecified atom stereocenters. The highest BCUT2D eigenvalue weighted by Gasteiger charge is 2.85. The molecule has 3 aliphatic heterocycles. The molecular formula is C36H47NO14. The van der Waals surface area contributed by atoms with Gasteiger partial charge in [-0.25, -0.2) is 24.0 Å². The Balaban J connectivity index is 1.39. The Morgan fingerprint density at radius 1 is 1.08 bits per heavy atom. The van der Waals surface area contributed by atoms with Gasteiger partial charge < -0.3 is 38.6 Å². The van der Waals surface area contributed by atoms with E-state index in [0.717, 1.165) is 7.11 Å². The van der Waals surface area contributed by atoms with E-state index < -0.39 is 106 Å². The highest BCUT2D eigenvalue weighted by Crippen LogP contribution is 2.73. The van der Waals surface area contributed by atoms with Crippen molar-refractivity contribution in [3.8, 4) is 0 Å². The van der Waals surface area contributed by atoms with Crippen molar-refractivity contribution in [1.82, 2.24) is 4.90 Å². The Morgan fingerprint density at radius 2 is 1.76 bits per heavy atom. The van der Waals surface area contributed by atoms with Crippen LogP contribution in [0, 0.1) is 28.6 Å². The molecule has 0 aromatic rings. The van der Waals surface area contributed by atoms with E-state index >= 15 is 0 Å². The predicted molar refractivity (Wildman–Crippen MR) is 172 cm³/mol. The average molecular weight is 718 g/mol. The number of hydrogen-bond donors (Lipinski definition) is 2. The minimum Gasteiger partial charge on any atom is -0.467 e. The molecule has 0 radical (unpaired) electrons. The lowest BCUT2D eigenvalue weighted by molar-refractivity contribution is -0.290. The molecule has 5 fully saturated rings. The first-order valence-corrected chi connectivity index (χ1v) is 17.3. The molecule has 11 atom stereocenters. The van der Waals surface area contributed by atoms with Gasteiger partial charge in [-0.1, -0.05) is 12.5 Å². The number of amides is 1. The summed E-state index contributed by atoms with van der Waals surface area (Å²) < 4.78 is 34.2. The molecule has 6 aliphatic rings. The lowest BCUT2D eigenvalue weighted by Crippen LogP contribution is -2.79. The van der Waals surface area contributed by atoms with Crippen LogP contribution in [0.15, 0.2) is 23.0 Å². The van der Waals surface area contributed by atoms with Crippen molar-refractivity contribution >= 4 is 35.8 Å².